The van der Waals surface area contributed by atoms with Crippen LogP contribution in [0.5, 0.6) is 0 Å². The first kappa shape index (κ1) is 12.2. The first-order valence-corrected chi connectivity index (χ1v) is 7.42. The highest BCUT2D eigenvalue weighted by atomic mass is 32.1. The molecule has 3 aromatic heterocycles. The number of nitrogen functional groups attached to an aromatic ring is 1. The lowest BCUT2D eigenvalue weighted by Gasteiger charge is -2.03. The van der Waals surface area contributed by atoms with Crippen LogP contribution in [0.2, 0.25) is 0 Å². The average molecular weight is 292 g/mol. The summed E-state index contributed by atoms with van der Waals surface area (Å²) in [5, 5.41) is 2.02. The normalized spacial score (nSPS) is 11.3. The minimum Gasteiger partial charge on any atom is -0.383 e. The van der Waals surface area contributed by atoms with Crippen LogP contribution in [0, 0.1) is 6.92 Å². The standard InChI is InChI=1S/C16H12N4S/c1-9-8-11-14(17)19-15(20-16(11)21-9)13-7-6-10-4-2-3-5-12(10)18-13/h2-8H,1H3,(H2,17,19,20). The average Bonchev–Trinajstić information content (AvgIpc) is 2.88. The van der Waals surface area contributed by atoms with Crippen molar-refractivity contribution in [2.75, 3.05) is 5.73 Å². The Morgan fingerprint density at radius 1 is 1.00 bits per heavy atom. The monoisotopic (exact) mass is 292 g/mol. The number of nitrogens with zero attached hydrogens (tertiary/aromatic N) is 3. The summed E-state index contributed by atoms with van der Waals surface area (Å²) in [7, 11) is 0. The molecule has 0 bridgehead atoms. The summed E-state index contributed by atoms with van der Waals surface area (Å²) in [6.07, 6.45) is 0. The van der Waals surface area contributed by atoms with Crippen LogP contribution in [-0.4, -0.2) is 15.0 Å². The summed E-state index contributed by atoms with van der Waals surface area (Å²) in [5.41, 5.74) is 7.72. The molecule has 4 nitrogen and oxygen atoms in total. The predicted molar refractivity (Wildman–Crippen MR) is 87.3 cm³/mol. The van der Waals surface area contributed by atoms with Crippen molar-refractivity contribution in [2.24, 2.45) is 0 Å². The number of benzene rings is 1. The fourth-order valence-electron chi connectivity index (χ4n) is 2.37. The zero-order valence-corrected chi connectivity index (χ0v) is 12.2. The number of fused-ring (bicyclic) bond motifs is 2. The van der Waals surface area contributed by atoms with Crippen LogP contribution in [0.25, 0.3) is 32.6 Å². The van der Waals surface area contributed by atoms with Crippen LogP contribution in [-0.2, 0) is 0 Å². The van der Waals surface area contributed by atoms with E-state index >= 15 is 0 Å². The Kier molecular flexibility index (Phi) is 2.62. The van der Waals surface area contributed by atoms with E-state index in [9.17, 15) is 0 Å². The van der Waals surface area contributed by atoms with E-state index in [1.165, 1.54) is 4.88 Å². The molecule has 0 aliphatic carbocycles. The highest BCUT2D eigenvalue weighted by molar-refractivity contribution is 7.18. The Bertz CT molecular complexity index is 975. The van der Waals surface area contributed by atoms with Gasteiger partial charge < -0.3 is 5.73 Å². The Morgan fingerprint density at radius 2 is 1.86 bits per heavy atom. The maximum absolute atomic E-state index is 6.05. The highest BCUT2D eigenvalue weighted by Crippen LogP contribution is 2.29. The van der Waals surface area contributed by atoms with Crippen molar-refractivity contribution in [3.05, 3.63) is 47.3 Å². The van der Waals surface area contributed by atoms with E-state index in [1.54, 1.807) is 11.3 Å². The number of anilines is 1. The van der Waals surface area contributed by atoms with E-state index in [1.807, 2.05) is 49.4 Å². The van der Waals surface area contributed by atoms with Crippen LogP contribution in [0.1, 0.15) is 4.88 Å². The van der Waals surface area contributed by atoms with Gasteiger partial charge >= 0.3 is 0 Å². The first-order valence-electron chi connectivity index (χ1n) is 6.60. The number of thiophene rings is 1. The van der Waals surface area contributed by atoms with Crippen molar-refractivity contribution in [3.63, 3.8) is 0 Å². The zero-order valence-electron chi connectivity index (χ0n) is 11.4. The quantitative estimate of drug-likeness (QED) is 0.579. The van der Waals surface area contributed by atoms with E-state index in [-0.39, 0.29) is 0 Å². The van der Waals surface area contributed by atoms with Gasteiger partial charge in [-0.15, -0.1) is 11.3 Å². The minimum absolute atomic E-state index is 0.509. The van der Waals surface area contributed by atoms with Gasteiger partial charge in [0.1, 0.15) is 16.3 Å². The fourth-order valence-corrected chi connectivity index (χ4v) is 3.26. The molecular formula is C16H12N4S. The highest BCUT2D eigenvalue weighted by Gasteiger charge is 2.11. The van der Waals surface area contributed by atoms with Crippen LogP contribution < -0.4 is 5.73 Å². The van der Waals surface area contributed by atoms with Gasteiger partial charge in [0, 0.05) is 10.3 Å². The van der Waals surface area contributed by atoms with Crippen LogP contribution in [0.4, 0.5) is 5.82 Å². The molecule has 0 saturated carbocycles. The minimum atomic E-state index is 0.509. The lowest BCUT2D eigenvalue weighted by Crippen LogP contribution is -1.97. The largest absolute Gasteiger partial charge is 0.383 e. The number of para-hydroxylation sites is 1. The van der Waals surface area contributed by atoms with Crippen LogP contribution in [0.3, 0.4) is 0 Å². The second-order valence-corrected chi connectivity index (χ2v) is 6.13. The smallest absolute Gasteiger partial charge is 0.181 e. The van der Waals surface area contributed by atoms with Gasteiger partial charge in [-0.05, 0) is 25.1 Å². The molecule has 102 valence electrons. The van der Waals surface area contributed by atoms with E-state index in [2.05, 4.69) is 15.0 Å². The Balaban J connectivity index is 1.94. The van der Waals surface area contributed by atoms with Gasteiger partial charge in [-0.2, -0.15) is 0 Å². The molecule has 0 unspecified atom stereocenters. The molecule has 5 heteroatoms. The van der Waals surface area contributed by atoms with Crippen molar-refractivity contribution in [1.29, 1.82) is 0 Å². The Morgan fingerprint density at radius 3 is 2.76 bits per heavy atom. The number of aryl methyl sites for hydroxylation is 1. The number of nitrogens with two attached hydrogens (primary N) is 1. The van der Waals surface area contributed by atoms with Crippen molar-refractivity contribution >= 4 is 38.3 Å². The molecule has 0 spiro atoms. The zero-order chi connectivity index (χ0) is 14.4. The summed E-state index contributed by atoms with van der Waals surface area (Å²) in [4.78, 5) is 15.7. The fraction of sp³-hybridized carbons (Fsp3) is 0.0625. The van der Waals surface area contributed by atoms with E-state index in [4.69, 9.17) is 5.73 Å². The number of pyridine rings is 1. The molecule has 0 radical (unpaired) electrons. The van der Waals surface area contributed by atoms with E-state index in [0.717, 1.165) is 26.8 Å². The van der Waals surface area contributed by atoms with Crippen molar-refractivity contribution in [1.82, 2.24) is 15.0 Å². The molecule has 1 aromatic carbocycles. The molecule has 21 heavy (non-hydrogen) atoms. The number of hydrogen-bond donors (Lipinski definition) is 1. The van der Waals surface area contributed by atoms with Gasteiger partial charge in [0.2, 0.25) is 0 Å². The predicted octanol–water partition coefficient (Wildman–Crippen LogP) is 3.80. The maximum Gasteiger partial charge on any atom is 0.181 e. The second kappa shape index (κ2) is 4.49. The molecular weight excluding hydrogens is 280 g/mol. The van der Waals surface area contributed by atoms with E-state index < -0.39 is 0 Å². The molecule has 3 heterocycles. The lowest BCUT2D eigenvalue weighted by atomic mass is 10.2. The topological polar surface area (TPSA) is 64.7 Å². The van der Waals surface area contributed by atoms with Gasteiger partial charge in [0.15, 0.2) is 5.82 Å². The molecule has 0 fully saturated rings. The van der Waals surface area contributed by atoms with Crippen LogP contribution in [0.15, 0.2) is 42.5 Å². The lowest BCUT2D eigenvalue weighted by molar-refractivity contribution is 1.21. The summed E-state index contributed by atoms with van der Waals surface area (Å²) in [5.74, 6) is 1.09. The first-order chi connectivity index (χ1) is 10.2. The van der Waals surface area contributed by atoms with Crippen molar-refractivity contribution in [2.45, 2.75) is 6.92 Å². The summed E-state index contributed by atoms with van der Waals surface area (Å²) >= 11 is 1.62. The number of aromatic nitrogens is 3. The Hall–Kier alpha value is -2.53. The number of hydrogen-bond acceptors (Lipinski definition) is 5. The van der Waals surface area contributed by atoms with Gasteiger partial charge in [-0.3, -0.25) is 0 Å². The molecule has 4 rings (SSSR count). The summed E-state index contributed by atoms with van der Waals surface area (Å²) in [6, 6.07) is 14.0. The molecule has 0 aliphatic heterocycles. The molecule has 4 aromatic rings. The maximum atomic E-state index is 6.05. The second-order valence-electron chi connectivity index (χ2n) is 4.90. The van der Waals surface area contributed by atoms with E-state index in [0.29, 0.717) is 11.6 Å². The third-order valence-electron chi connectivity index (χ3n) is 3.37. The molecule has 0 amide bonds. The van der Waals surface area contributed by atoms with Crippen LogP contribution >= 0.6 is 11.3 Å². The molecule has 0 saturated heterocycles. The van der Waals surface area contributed by atoms with Gasteiger partial charge in [0.05, 0.1) is 10.9 Å². The number of rotatable bonds is 1. The van der Waals surface area contributed by atoms with Gasteiger partial charge in [0.25, 0.3) is 0 Å². The molecule has 2 N–H and O–H groups in total. The SMILES string of the molecule is Cc1cc2c(N)nc(-c3ccc4ccccc4n3)nc2s1. The molecule has 0 atom stereocenters. The summed E-state index contributed by atoms with van der Waals surface area (Å²) in [6.45, 7) is 2.04. The van der Waals surface area contributed by atoms with Gasteiger partial charge in [-0.25, -0.2) is 15.0 Å². The van der Waals surface area contributed by atoms with Crippen molar-refractivity contribution in [3.8, 4) is 11.5 Å². The molecule has 0 aliphatic rings. The van der Waals surface area contributed by atoms with Crippen molar-refractivity contribution < 1.29 is 0 Å². The third kappa shape index (κ3) is 2.02. The summed E-state index contributed by atoms with van der Waals surface area (Å²) < 4.78 is 0. The van der Waals surface area contributed by atoms with Gasteiger partial charge in [-0.1, -0.05) is 24.3 Å². The Labute approximate surface area is 125 Å². The third-order valence-corrected chi connectivity index (χ3v) is 4.32.